The third kappa shape index (κ3) is 3.17. The van der Waals surface area contributed by atoms with Crippen LogP contribution in [0.5, 0.6) is 0 Å². The van der Waals surface area contributed by atoms with Gasteiger partial charge in [-0.3, -0.25) is 4.79 Å². The van der Waals surface area contributed by atoms with Gasteiger partial charge in [0.15, 0.2) is 0 Å². The molecule has 14 heavy (non-hydrogen) atoms. The molecular weight excluding hydrogens is 196 g/mol. The molecule has 1 rings (SSSR count). The molecule has 1 unspecified atom stereocenters. The SMILES string of the molecule is CCCN(C(=O)CSC)C1CCNC1. The first-order chi connectivity index (χ1) is 6.79. The summed E-state index contributed by atoms with van der Waals surface area (Å²) in [6.07, 6.45) is 4.14. The van der Waals surface area contributed by atoms with Gasteiger partial charge >= 0.3 is 0 Å². The van der Waals surface area contributed by atoms with Gasteiger partial charge in [0.1, 0.15) is 0 Å². The molecule has 1 heterocycles. The zero-order chi connectivity index (χ0) is 10.4. The van der Waals surface area contributed by atoms with Crippen molar-refractivity contribution < 1.29 is 4.79 Å². The molecular formula is C10H20N2OS. The third-order valence-electron chi connectivity index (χ3n) is 2.53. The van der Waals surface area contributed by atoms with Crippen LogP contribution >= 0.6 is 11.8 Å². The zero-order valence-corrected chi connectivity index (χ0v) is 9.90. The summed E-state index contributed by atoms with van der Waals surface area (Å²) in [6, 6.07) is 0.439. The monoisotopic (exact) mass is 216 g/mol. The third-order valence-corrected chi connectivity index (χ3v) is 3.06. The lowest BCUT2D eigenvalue weighted by Gasteiger charge is -2.28. The van der Waals surface area contributed by atoms with Crippen LogP contribution in [0.25, 0.3) is 0 Å². The van der Waals surface area contributed by atoms with Crippen LogP contribution in [-0.2, 0) is 4.79 Å². The maximum atomic E-state index is 11.8. The Kier molecular flexibility index (Phi) is 5.33. The van der Waals surface area contributed by atoms with E-state index >= 15 is 0 Å². The smallest absolute Gasteiger partial charge is 0.232 e. The number of carbonyl (C=O) groups excluding carboxylic acids is 1. The van der Waals surface area contributed by atoms with Crippen LogP contribution in [-0.4, -0.2) is 48.5 Å². The van der Waals surface area contributed by atoms with Crippen LogP contribution in [0.1, 0.15) is 19.8 Å². The molecule has 0 aliphatic carbocycles. The predicted molar refractivity (Wildman–Crippen MR) is 61.7 cm³/mol. The van der Waals surface area contributed by atoms with E-state index in [4.69, 9.17) is 0 Å². The van der Waals surface area contributed by atoms with Crippen molar-refractivity contribution in [3.8, 4) is 0 Å². The highest BCUT2D eigenvalue weighted by Gasteiger charge is 2.24. The summed E-state index contributed by atoms with van der Waals surface area (Å²) >= 11 is 1.61. The predicted octanol–water partition coefficient (Wildman–Crippen LogP) is 0.950. The van der Waals surface area contributed by atoms with E-state index in [0.717, 1.165) is 32.5 Å². The van der Waals surface area contributed by atoms with E-state index in [1.165, 1.54) is 0 Å². The van der Waals surface area contributed by atoms with Crippen LogP contribution in [0.3, 0.4) is 0 Å². The maximum Gasteiger partial charge on any atom is 0.232 e. The molecule has 3 nitrogen and oxygen atoms in total. The summed E-state index contributed by atoms with van der Waals surface area (Å²) in [5.41, 5.74) is 0. The zero-order valence-electron chi connectivity index (χ0n) is 9.08. The molecule has 1 atom stereocenters. The molecule has 0 aromatic carbocycles. The standard InChI is InChI=1S/C10H20N2OS/c1-3-6-12(10(13)8-14-2)9-4-5-11-7-9/h9,11H,3-8H2,1-2H3. The normalized spacial score (nSPS) is 21.1. The molecule has 1 saturated heterocycles. The fraction of sp³-hybridized carbons (Fsp3) is 0.900. The average Bonchev–Trinajstić information content (AvgIpc) is 2.67. The number of amides is 1. The van der Waals surface area contributed by atoms with Crippen LogP contribution in [0, 0.1) is 0 Å². The number of carbonyl (C=O) groups is 1. The van der Waals surface area contributed by atoms with Crippen molar-refractivity contribution in [2.75, 3.05) is 31.6 Å². The molecule has 1 amide bonds. The Labute approximate surface area is 90.6 Å². The highest BCUT2D eigenvalue weighted by Crippen LogP contribution is 2.11. The summed E-state index contributed by atoms with van der Waals surface area (Å²) in [5.74, 6) is 0.921. The van der Waals surface area contributed by atoms with Crippen molar-refractivity contribution in [1.29, 1.82) is 0 Å². The Morgan fingerprint density at radius 3 is 2.93 bits per heavy atom. The van der Waals surface area contributed by atoms with Gasteiger partial charge in [-0.2, -0.15) is 11.8 Å². The number of nitrogens with zero attached hydrogens (tertiary/aromatic N) is 1. The highest BCUT2D eigenvalue weighted by molar-refractivity contribution is 7.99. The van der Waals surface area contributed by atoms with Gasteiger partial charge in [-0.1, -0.05) is 6.92 Å². The number of nitrogens with one attached hydrogen (secondary N) is 1. The minimum Gasteiger partial charge on any atom is -0.338 e. The van der Waals surface area contributed by atoms with E-state index in [-0.39, 0.29) is 0 Å². The number of rotatable bonds is 5. The highest BCUT2D eigenvalue weighted by atomic mass is 32.2. The Morgan fingerprint density at radius 1 is 1.64 bits per heavy atom. The molecule has 0 radical (unpaired) electrons. The number of thioether (sulfide) groups is 1. The van der Waals surface area contributed by atoms with E-state index in [2.05, 4.69) is 17.1 Å². The van der Waals surface area contributed by atoms with Gasteiger partial charge in [-0.15, -0.1) is 0 Å². The largest absolute Gasteiger partial charge is 0.338 e. The molecule has 0 aromatic rings. The van der Waals surface area contributed by atoms with Crippen molar-refractivity contribution in [1.82, 2.24) is 10.2 Å². The van der Waals surface area contributed by atoms with Gasteiger partial charge in [0, 0.05) is 19.1 Å². The van der Waals surface area contributed by atoms with Gasteiger partial charge in [-0.25, -0.2) is 0 Å². The molecule has 0 aromatic heterocycles. The number of hydrogen-bond donors (Lipinski definition) is 1. The van der Waals surface area contributed by atoms with Crippen LogP contribution in [0.15, 0.2) is 0 Å². The van der Waals surface area contributed by atoms with Gasteiger partial charge in [0.2, 0.25) is 5.91 Å². The molecule has 4 heteroatoms. The minimum atomic E-state index is 0.299. The quantitative estimate of drug-likeness (QED) is 0.742. The van der Waals surface area contributed by atoms with E-state index in [1.54, 1.807) is 11.8 Å². The van der Waals surface area contributed by atoms with E-state index in [1.807, 2.05) is 6.26 Å². The van der Waals surface area contributed by atoms with Gasteiger partial charge in [0.25, 0.3) is 0 Å². The van der Waals surface area contributed by atoms with Crippen molar-refractivity contribution in [2.24, 2.45) is 0 Å². The lowest BCUT2D eigenvalue weighted by atomic mass is 10.2. The Hall–Kier alpha value is -0.220. The van der Waals surface area contributed by atoms with Crippen LogP contribution < -0.4 is 5.32 Å². The Bertz CT molecular complexity index is 181. The molecule has 1 aliphatic heterocycles. The second-order valence-electron chi connectivity index (χ2n) is 3.67. The van der Waals surface area contributed by atoms with Crippen LogP contribution in [0.2, 0.25) is 0 Å². The molecule has 1 aliphatic rings. The van der Waals surface area contributed by atoms with Gasteiger partial charge < -0.3 is 10.2 Å². The molecule has 1 N–H and O–H groups in total. The Morgan fingerprint density at radius 2 is 2.43 bits per heavy atom. The number of hydrogen-bond acceptors (Lipinski definition) is 3. The molecule has 0 saturated carbocycles. The van der Waals surface area contributed by atoms with Crippen molar-refractivity contribution in [3.05, 3.63) is 0 Å². The van der Waals surface area contributed by atoms with E-state index < -0.39 is 0 Å². The second kappa shape index (κ2) is 6.30. The summed E-state index contributed by atoms with van der Waals surface area (Å²) in [7, 11) is 0. The molecule has 82 valence electrons. The minimum absolute atomic E-state index is 0.299. The van der Waals surface area contributed by atoms with Crippen molar-refractivity contribution in [2.45, 2.75) is 25.8 Å². The lowest BCUT2D eigenvalue weighted by molar-refractivity contribution is -0.130. The first kappa shape index (κ1) is 11.9. The average molecular weight is 216 g/mol. The molecule has 0 bridgehead atoms. The fourth-order valence-corrected chi connectivity index (χ4v) is 2.28. The lowest BCUT2D eigenvalue weighted by Crippen LogP contribution is -2.43. The van der Waals surface area contributed by atoms with Crippen LogP contribution in [0.4, 0.5) is 0 Å². The molecule has 1 fully saturated rings. The fourth-order valence-electron chi connectivity index (χ4n) is 1.86. The van der Waals surface area contributed by atoms with Crippen molar-refractivity contribution in [3.63, 3.8) is 0 Å². The topological polar surface area (TPSA) is 32.3 Å². The van der Waals surface area contributed by atoms with Crippen molar-refractivity contribution >= 4 is 17.7 Å². The first-order valence-electron chi connectivity index (χ1n) is 5.28. The summed E-state index contributed by atoms with van der Waals surface area (Å²) < 4.78 is 0. The summed E-state index contributed by atoms with van der Waals surface area (Å²) in [5, 5.41) is 3.31. The Balaban J connectivity index is 2.48. The van der Waals surface area contributed by atoms with E-state index in [0.29, 0.717) is 17.7 Å². The first-order valence-corrected chi connectivity index (χ1v) is 6.68. The summed E-state index contributed by atoms with van der Waals surface area (Å²) in [4.78, 5) is 13.8. The molecule has 0 spiro atoms. The summed E-state index contributed by atoms with van der Waals surface area (Å²) in [6.45, 7) is 5.06. The maximum absolute atomic E-state index is 11.8. The van der Waals surface area contributed by atoms with Gasteiger partial charge in [-0.05, 0) is 25.6 Å². The van der Waals surface area contributed by atoms with E-state index in [9.17, 15) is 4.79 Å². The second-order valence-corrected chi connectivity index (χ2v) is 4.53. The van der Waals surface area contributed by atoms with Gasteiger partial charge in [0.05, 0.1) is 5.75 Å².